The summed E-state index contributed by atoms with van der Waals surface area (Å²) in [5.74, 6) is -0.647. The molecule has 0 aliphatic heterocycles. The molecular formula is C16H15NO3. The zero-order chi connectivity index (χ0) is 13.9. The van der Waals surface area contributed by atoms with Gasteiger partial charge < -0.3 is 9.84 Å². The van der Waals surface area contributed by atoms with Crippen LogP contribution in [0.1, 0.15) is 29.6 Å². The molecule has 0 fully saturated rings. The Balaban J connectivity index is 2.05. The lowest BCUT2D eigenvalue weighted by molar-refractivity contribution is 0.0692. The van der Waals surface area contributed by atoms with Gasteiger partial charge in [-0.1, -0.05) is 24.3 Å². The van der Waals surface area contributed by atoms with Crippen LogP contribution in [-0.2, 0) is 0 Å². The van der Waals surface area contributed by atoms with Gasteiger partial charge in [-0.3, -0.25) is 4.98 Å². The molecule has 4 heteroatoms. The number of allylic oxidation sites excluding steroid dienone is 1. The largest absolute Gasteiger partial charge is 0.484 e. The van der Waals surface area contributed by atoms with Crippen molar-refractivity contribution in [2.75, 3.05) is 0 Å². The van der Waals surface area contributed by atoms with Gasteiger partial charge in [0.2, 0.25) is 0 Å². The average Bonchev–Trinajstić information content (AvgIpc) is 2.47. The number of hydrogen-bond acceptors (Lipinski definition) is 3. The molecule has 3 rings (SSSR count). The molecule has 2 aromatic rings. The highest BCUT2D eigenvalue weighted by molar-refractivity contribution is 6.04. The summed E-state index contributed by atoms with van der Waals surface area (Å²) in [6, 6.07) is 7.20. The maximum atomic E-state index is 11.6. The Morgan fingerprint density at radius 3 is 2.95 bits per heavy atom. The van der Waals surface area contributed by atoms with E-state index in [1.807, 2.05) is 12.1 Å². The molecule has 20 heavy (non-hydrogen) atoms. The number of pyridine rings is 1. The van der Waals surface area contributed by atoms with Crippen molar-refractivity contribution in [1.82, 2.24) is 4.98 Å². The lowest BCUT2D eigenvalue weighted by atomic mass is 10.0. The predicted octanol–water partition coefficient (Wildman–Crippen LogP) is 3.42. The number of hydrogen-bond donors (Lipinski definition) is 1. The number of aromatic carboxylic acids is 1. The van der Waals surface area contributed by atoms with E-state index in [9.17, 15) is 9.90 Å². The molecule has 0 saturated carbocycles. The molecule has 0 bridgehead atoms. The van der Waals surface area contributed by atoms with E-state index >= 15 is 0 Å². The number of para-hydroxylation sites is 1. The summed E-state index contributed by atoms with van der Waals surface area (Å²) in [6.07, 6.45) is 8.53. The Labute approximate surface area is 116 Å². The number of fused-ring (bicyclic) bond motifs is 1. The van der Waals surface area contributed by atoms with E-state index in [0.29, 0.717) is 16.7 Å². The first-order valence-electron chi connectivity index (χ1n) is 6.70. The van der Waals surface area contributed by atoms with Crippen LogP contribution < -0.4 is 4.74 Å². The number of aromatic nitrogens is 1. The van der Waals surface area contributed by atoms with E-state index in [1.165, 1.54) is 6.20 Å². The fraction of sp³-hybridized carbons (Fsp3) is 0.250. The van der Waals surface area contributed by atoms with Gasteiger partial charge in [0.15, 0.2) is 5.75 Å². The van der Waals surface area contributed by atoms with Gasteiger partial charge in [-0.2, -0.15) is 0 Å². The maximum absolute atomic E-state index is 11.6. The lowest BCUT2D eigenvalue weighted by Crippen LogP contribution is -2.17. The van der Waals surface area contributed by atoms with Gasteiger partial charge in [0.1, 0.15) is 11.7 Å². The molecular weight excluding hydrogens is 254 g/mol. The molecule has 0 spiro atoms. The van der Waals surface area contributed by atoms with Crippen molar-refractivity contribution in [1.29, 1.82) is 0 Å². The van der Waals surface area contributed by atoms with Crippen molar-refractivity contribution < 1.29 is 14.6 Å². The van der Waals surface area contributed by atoms with E-state index in [0.717, 1.165) is 19.3 Å². The van der Waals surface area contributed by atoms with Crippen LogP contribution in [0.4, 0.5) is 0 Å². The van der Waals surface area contributed by atoms with Crippen LogP contribution in [0.3, 0.4) is 0 Å². The molecule has 0 amide bonds. The molecule has 1 atom stereocenters. The van der Waals surface area contributed by atoms with Gasteiger partial charge in [0.05, 0.1) is 11.7 Å². The Bertz CT molecular complexity index is 678. The van der Waals surface area contributed by atoms with Gasteiger partial charge in [0, 0.05) is 5.39 Å². The quantitative estimate of drug-likeness (QED) is 0.867. The molecule has 102 valence electrons. The van der Waals surface area contributed by atoms with Gasteiger partial charge >= 0.3 is 5.97 Å². The minimum Gasteiger partial charge on any atom is -0.484 e. The number of rotatable bonds is 3. The molecule has 4 nitrogen and oxygen atoms in total. The zero-order valence-corrected chi connectivity index (χ0v) is 11.0. The predicted molar refractivity (Wildman–Crippen MR) is 76.1 cm³/mol. The highest BCUT2D eigenvalue weighted by atomic mass is 16.5. The fourth-order valence-corrected chi connectivity index (χ4v) is 2.48. The number of carbonyl (C=O) groups is 1. The zero-order valence-electron chi connectivity index (χ0n) is 11.0. The highest BCUT2D eigenvalue weighted by Gasteiger charge is 2.19. The minimum atomic E-state index is -0.988. The molecule has 0 radical (unpaired) electrons. The summed E-state index contributed by atoms with van der Waals surface area (Å²) in [5, 5.41) is 10.1. The number of nitrogens with zero attached hydrogens (tertiary/aromatic N) is 1. The normalized spacial score (nSPS) is 18.1. The molecule has 1 aromatic heterocycles. The maximum Gasteiger partial charge on any atom is 0.340 e. The number of carboxylic acids is 1. The minimum absolute atomic E-state index is 0.0650. The lowest BCUT2D eigenvalue weighted by Gasteiger charge is -2.19. The van der Waals surface area contributed by atoms with Crippen LogP contribution in [0.2, 0.25) is 0 Å². The van der Waals surface area contributed by atoms with E-state index in [-0.39, 0.29) is 11.7 Å². The molecule has 1 aliphatic carbocycles. The van der Waals surface area contributed by atoms with Crippen molar-refractivity contribution in [2.45, 2.75) is 25.4 Å². The average molecular weight is 269 g/mol. The third-order valence-corrected chi connectivity index (χ3v) is 3.44. The Morgan fingerprint density at radius 1 is 1.35 bits per heavy atom. The first kappa shape index (κ1) is 12.7. The Hall–Kier alpha value is -2.36. The summed E-state index contributed by atoms with van der Waals surface area (Å²) in [5.41, 5.74) is 0.853. The van der Waals surface area contributed by atoms with Crippen LogP contribution in [-0.4, -0.2) is 22.2 Å². The second kappa shape index (κ2) is 5.33. The van der Waals surface area contributed by atoms with Crippen molar-refractivity contribution in [3.05, 3.63) is 48.2 Å². The van der Waals surface area contributed by atoms with Gasteiger partial charge in [0.25, 0.3) is 0 Å². The van der Waals surface area contributed by atoms with Crippen LogP contribution in [0.15, 0.2) is 42.6 Å². The van der Waals surface area contributed by atoms with Gasteiger partial charge in [-0.25, -0.2) is 4.79 Å². The second-order valence-electron chi connectivity index (χ2n) is 4.84. The SMILES string of the molecule is O=C(O)c1c(OC2C=CCCC2)cnc2ccccc12. The fourth-order valence-electron chi connectivity index (χ4n) is 2.48. The Kier molecular flexibility index (Phi) is 3.37. The standard InChI is InChI=1S/C16H15NO3/c18-16(19)15-12-8-4-5-9-13(12)17-10-14(15)20-11-6-2-1-3-7-11/h2,4-6,8-11H,1,3,7H2,(H,18,19). The smallest absolute Gasteiger partial charge is 0.340 e. The van der Waals surface area contributed by atoms with Crippen molar-refractivity contribution >= 4 is 16.9 Å². The summed E-state index contributed by atoms with van der Waals surface area (Å²) >= 11 is 0. The molecule has 1 heterocycles. The van der Waals surface area contributed by atoms with Crippen LogP contribution in [0, 0.1) is 0 Å². The monoisotopic (exact) mass is 269 g/mol. The number of benzene rings is 1. The third kappa shape index (κ3) is 2.37. The van der Waals surface area contributed by atoms with Crippen LogP contribution in [0.5, 0.6) is 5.75 Å². The first-order chi connectivity index (χ1) is 9.75. The Morgan fingerprint density at radius 2 is 2.20 bits per heavy atom. The molecule has 1 aliphatic rings. The van der Waals surface area contributed by atoms with Crippen LogP contribution in [0.25, 0.3) is 10.9 Å². The van der Waals surface area contributed by atoms with Crippen molar-refractivity contribution in [3.63, 3.8) is 0 Å². The molecule has 1 aromatic carbocycles. The highest BCUT2D eigenvalue weighted by Crippen LogP contribution is 2.28. The van der Waals surface area contributed by atoms with E-state index in [1.54, 1.807) is 18.2 Å². The second-order valence-corrected chi connectivity index (χ2v) is 4.84. The summed E-state index contributed by atoms with van der Waals surface area (Å²) < 4.78 is 5.83. The van der Waals surface area contributed by atoms with Crippen LogP contribution >= 0.6 is 0 Å². The van der Waals surface area contributed by atoms with E-state index < -0.39 is 5.97 Å². The summed E-state index contributed by atoms with van der Waals surface area (Å²) in [6.45, 7) is 0. The summed E-state index contributed by atoms with van der Waals surface area (Å²) in [4.78, 5) is 15.8. The number of carboxylic acid groups (broad SMARTS) is 1. The van der Waals surface area contributed by atoms with Gasteiger partial charge in [-0.05, 0) is 31.4 Å². The number of ether oxygens (including phenoxy) is 1. The van der Waals surface area contributed by atoms with E-state index in [4.69, 9.17) is 4.74 Å². The molecule has 1 unspecified atom stereocenters. The van der Waals surface area contributed by atoms with Crippen molar-refractivity contribution in [3.8, 4) is 5.75 Å². The van der Waals surface area contributed by atoms with E-state index in [2.05, 4.69) is 11.1 Å². The van der Waals surface area contributed by atoms with Crippen molar-refractivity contribution in [2.24, 2.45) is 0 Å². The molecule has 0 saturated heterocycles. The topological polar surface area (TPSA) is 59.4 Å². The molecule has 1 N–H and O–H groups in total. The van der Waals surface area contributed by atoms with Gasteiger partial charge in [-0.15, -0.1) is 0 Å². The first-order valence-corrected chi connectivity index (χ1v) is 6.70. The third-order valence-electron chi connectivity index (χ3n) is 3.44. The summed E-state index contributed by atoms with van der Waals surface area (Å²) in [7, 11) is 0.